The van der Waals surface area contributed by atoms with E-state index in [2.05, 4.69) is 39.1 Å². The molecule has 0 spiro atoms. The van der Waals surface area contributed by atoms with Crippen LogP contribution in [0.1, 0.15) is 27.2 Å². The van der Waals surface area contributed by atoms with E-state index >= 15 is 0 Å². The first-order valence-corrected chi connectivity index (χ1v) is 12.6. The van der Waals surface area contributed by atoms with Crippen LogP contribution in [0.2, 0.25) is 0 Å². The molecular weight excluding hydrogens is 462 g/mol. The molecule has 1 aliphatic rings. The molecule has 1 amide bonds. The van der Waals surface area contributed by atoms with Crippen molar-refractivity contribution >= 4 is 22.5 Å². The second-order valence-electron chi connectivity index (χ2n) is 9.53. The van der Waals surface area contributed by atoms with E-state index in [0.717, 1.165) is 53.2 Å². The largest absolute Gasteiger partial charge is 0.487 e. The van der Waals surface area contributed by atoms with Crippen LogP contribution in [0.4, 0.5) is 0 Å². The van der Waals surface area contributed by atoms with Crippen molar-refractivity contribution in [2.24, 2.45) is 0 Å². The Kier molecular flexibility index (Phi) is 6.28. The number of para-hydroxylation sites is 1. The topological polar surface area (TPSA) is 63.0 Å². The van der Waals surface area contributed by atoms with Gasteiger partial charge in [0, 0.05) is 62.3 Å². The molecule has 3 aromatic heterocycles. The Morgan fingerprint density at radius 2 is 1.76 bits per heavy atom. The van der Waals surface area contributed by atoms with Crippen LogP contribution >= 0.6 is 0 Å². The van der Waals surface area contributed by atoms with Gasteiger partial charge in [0.2, 0.25) is 0 Å². The summed E-state index contributed by atoms with van der Waals surface area (Å²) in [5.74, 6) is 0.785. The summed E-state index contributed by atoms with van der Waals surface area (Å²) in [6.07, 6.45) is 5.82. The number of piperazine rings is 1. The summed E-state index contributed by atoms with van der Waals surface area (Å²) in [6, 6.07) is 21.9. The minimum atomic E-state index is 0.0638. The fraction of sp³-hybridized carbons (Fsp3) is 0.233. The standard InChI is InChI=1S/C30H29N5O2/c1-22-5-4-14-35-20-26(32-29(22)35)21-37-27-11-9-24(10-12-27)30(36)34-17-15-33(16-18-34)19-25-7-2-6-23-8-3-13-31-28(23)25/h2-14,20H,15-19,21H2,1H3. The van der Waals surface area contributed by atoms with Crippen molar-refractivity contribution in [2.75, 3.05) is 26.2 Å². The van der Waals surface area contributed by atoms with Gasteiger partial charge in [-0.15, -0.1) is 0 Å². The molecule has 1 saturated heterocycles. The zero-order valence-electron chi connectivity index (χ0n) is 20.9. The maximum atomic E-state index is 13.1. The van der Waals surface area contributed by atoms with Crippen LogP contribution < -0.4 is 4.74 Å². The molecule has 0 radical (unpaired) electrons. The molecule has 4 heterocycles. The molecule has 0 unspecified atom stereocenters. The van der Waals surface area contributed by atoms with Crippen molar-refractivity contribution in [3.8, 4) is 5.75 Å². The number of imidazole rings is 1. The molecule has 6 rings (SSSR count). The first-order chi connectivity index (χ1) is 18.1. The second-order valence-corrected chi connectivity index (χ2v) is 9.53. The van der Waals surface area contributed by atoms with Crippen LogP contribution in [0.25, 0.3) is 16.6 Å². The molecule has 0 saturated carbocycles. The van der Waals surface area contributed by atoms with E-state index in [1.165, 1.54) is 5.56 Å². The van der Waals surface area contributed by atoms with E-state index in [-0.39, 0.29) is 5.91 Å². The molecule has 2 aromatic carbocycles. The fourth-order valence-corrected chi connectivity index (χ4v) is 4.95. The van der Waals surface area contributed by atoms with Gasteiger partial charge >= 0.3 is 0 Å². The zero-order chi connectivity index (χ0) is 25.2. The van der Waals surface area contributed by atoms with Crippen molar-refractivity contribution in [1.29, 1.82) is 0 Å². The van der Waals surface area contributed by atoms with Crippen molar-refractivity contribution in [3.05, 3.63) is 108 Å². The number of ether oxygens (including phenoxy) is 1. The van der Waals surface area contributed by atoms with Gasteiger partial charge in [-0.25, -0.2) is 4.98 Å². The number of aromatic nitrogens is 3. The summed E-state index contributed by atoms with van der Waals surface area (Å²) in [5.41, 5.74) is 5.90. The number of fused-ring (bicyclic) bond motifs is 2. The highest BCUT2D eigenvalue weighted by Gasteiger charge is 2.22. The molecule has 37 heavy (non-hydrogen) atoms. The van der Waals surface area contributed by atoms with Crippen molar-refractivity contribution < 1.29 is 9.53 Å². The predicted octanol–water partition coefficient (Wildman–Crippen LogP) is 4.73. The third-order valence-electron chi connectivity index (χ3n) is 6.99. The molecule has 1 aliphatic heterocycles. The van der Waals surface area contributed by atoms with E-state index in [1.54, 1.807) is 0 Å². The fourth-order valence-electron chi connectivity index (χ4n) is 4.95. The molecule has 0 atom stereocenters. The van der Waals surface area contributed by atoms with Gasteiger partial charge in [0.1, 0.15) is 18.0 Å². The number of nitrogens with zero attached hydrogens (tertiary/aromatic N) is 5. The number of aryl methyl sites for hydroxylation is 1. The highest BCUT2D eigenvalue weighted by molar-refractivity contribution is 5.94. The predicted molar refractivity (Wildman–Crippen MR) is 144 cm³/mol. The molecule has 7 nitrogen and oxygen atoms in total. The number of amides is 1. The summed E-state index contributed by atoms with van der Waals surface area (Å²) in [4.78, 5) is 26.7. The molecule has 7 heteroatoms. The van der Waals surface area contributed by atoms with Crippen LogP contribution in [0, 0.1) is 6.92 Å². The number of carbonyl (C=O) groups excluding carboxylic acids is 1. The van der Waals surface area contributed by atoms with Gasteiger partial charge in [-0.2, -0.15) is 0 Å². The van der Waals surface area contributed by atoms with Crippen molar-refractivity contribution in [1.82, 2.24) is 24.2 Å². The first kappa shape index (κ1) is 23.2. The minimum Gasteiger partial charge on any atom is -0.487 e. The van der Waals surface area contributed by atoms with Crippen molar-refractivity contribution in [3.63, 3.8) is 0 Å². The number of hydrogen-bond acceptors (Lipinski definition) is 5. The van der Waals surface area contributed by atoms with E-state index in [4.69, 9.17) is 4.74 Å². The highest BCUT2D eigenvalue weighted by atomic mass is 16.5. The quantitative estimate of drug-likeness (QED) is 0.344. The number of hydrogen-bond donors (Lipinski definition) is 0. The Morgan fingerprint density at radius 3 is 2.57 bits per heavy atom. The Morgan fingerprint density at radius 1 is 0.946 bits per heavy atom. The van der Waals surface area contributed by atoms with Gasteiger partial charge in [0.25, 0.3) is 5.91 Å². The van der Waals surface area contributed by atoms with Gasteiger partial charge < -0.3 is 14.0 Å². The summed E-state index contributed by atoms with van der Waals surface area (Å²) in [6.45, 7) is 6.37. The third-order valence-corrected chi connectivity index (χ3v) is 6.99. The van der Waals surface area contributed by atoms with Gasteiger partial charge in [-0.1, -0.05) is 30.3 Å². The van der Waals surface area contributed by atoms with Crippen LogP contribution in [-0.2, 0) is 13.2 Å². The Bertz CT molecular complexity index is 1550. The molecule has 1 fully saturated rings. The molecule has 5 aromatic rings. The Hall–Kier alpha value is -4.23. The first-order valence-electron chi connectivity index (χ1n) is 12.6. The van der Waals surface area contributed by atoms with Crippen LogP contribution in [0.3, 0.4) is 0 Å². The summed E-state index contributed by atoms with van der Waals surface area (Å²) in [7, 11) is 0. The normalized spacial score (nSPS) is 14.4. The van der Waals surface area contributed by atoms with Gasteiger partial charge in [-0.05, 0) is 54.4 Å². The highest BCUT2D eigenvalue weighted by Crippen LogP contribution is 2.20. The average molecular weight is 492 g/mol. The van der Waals surface area contributed by atoms with E-state index in [1.807, 2.05) is 77.3 Å². The lowest BCUT2D eigenvalue weighted by Gasteiger charge is -2.35. The number of benzene rings is 2. The number of carbonyl (C=O) groups is 1. The lowest BCUT2D eigenvalue weighted by molar-refractivity contribution is 0.0629. The Labute approximate surface area is 215 Å². The van der Waals surface area contributed by atoms with Crippen LogP contribution in [-0.4, -0.2) is 56.3 Å². The molecule has 186 valence electrons. The summed E-state index contributed by atoms with van der Waals surface area (Å²) in [5, 5.41) is 1.16. The van der Waals surface area contributed by atoms with Gasteiger partial charge in [0.05, 0.1) is 11.2 Å². The number of pyridine rings is 2. The van der Waals surface area contributed by atoms with E-state index < -0.39 is 0 Å². The SMILES string of the molecule is Cc1cccn2cc(COc3ccc(C(=O)N4CCN(Cc5cccc6cccnc56)CC4)cc3)nc12. The molecule has 0 aliphatic carbocycles. The van der Waals surface area contributed by atoms with Crippen LogP contribution in [0.15, 0.2) is 85.3 Å². The molecule has 0 N–H and O–H groups in total. The Balaban J connectivity index is 1.03. The monoisotopic (exact) mass is 491 g/mol. The van der Waals surface area contributed by atoms with Gasteiger partial charge in [0.15, 0.2) is 0 Å². The zero-order valence-corrected chi connectivity index (χ0v) is 20.9. The minimum absolute atomic E-state index is 0.0638. The molecule has 0 bridgehead atoms. The third kappa shape index (κ3) is 4.90. The smallest absolute Gasteiger partial charge is 0.253 e. The molecular formula is C30H29N5O2. The lowest BCUT2D eigenvalue weighted by atomic mass is 10.1. The number of rotatable bonds is 6. The maximum Gasteiger partial charge on any atom is 0.253 e. The average Bonchev–Trinajstić information content (AvgIpc) is 3.37. The van der Waals surface area contributed by atoms with E-state index in [9.17, 15) is 4.79 Å². The maximum absolute atomic E-state index is 13.1. The van der Waals surface area contributed by atoms with Crippen molar-refractivity contribution in [2.45, 2.75) is 20.1 Å². The second kappa shape index (κ2) is 10.0. The van der Waals surface area contributed by atoms with Gasteiger partial charge in [-0.3, -0.25) is 14.7 Å². The van der Waals surface area contributed by atoms with Crippen LogP contribution in [0.5, 0.6) is 5.75 Å². The van der Waals surface area contributed by atoms with E-state index in [0.29, 0.717) is 25.3 Å². The summed E-state index contributed by atoms with van der Waals surface area (Å²) >= 11 is 0. The summed E-state index contributed by atoms with van der Waals surface area (Å²) < 4.78 is 7.94. The lowest BCUT2D eigenvalue weighted by Crippen LogP contribution is -2.48.